The lowest BCUT2D eigenvalue weighted by Crippen LogP contribution is -2.45. The molecule has 2 fully saturated rings. The molecule has 0 aromatic heterocycles. The number of ketones is 1. The van der Waals surface area contributed by atoms with Gasteiger partial charge in [-0.15, -0.1) is 0 Å². The van der Waals surface area contributed by atoms with Crippen LogP contribution in [0.5, 0.6) is 11.5 Å². The molecule has 2 aliphatic heterocycles. The van der Waals surface area contributed by atoms with Crippen molar-refractivity contribution < 1.29 is 42.1 Å². The van der Waals surface area contributed by atoms with E-state index >= 15 is 0 Å². The lowest BCUT2D eigenvalue weighted by atomic mass is 9.77. The first-order valence-electron chi connectivity index (χ1n) is 14.0. The van der Waals surface area contributed by atoms with Gasteiger partial charge >= 0.3 is 6.18 Å². The van der Waals surface area contributed by atoms with Crippen molar-refractivity contribution in [1.29, 1.82) is 0 Å². The number of aliphatic hydroxyl groups is 1. The first-order chi connectivity index (χ1) is 19.6. The summed E-state index contributed by atoms with van der Waals surface area (Å²) < 4.78 is 55.7. The number of halogens is 3. The molecule has 2 atom stereocenters. The van der Waals surface area contributed by atoms with E-state index in [0.717, 1.165) is 30.5 Å². The maximum absolute atomic E-state index is 13.0. The number of rotatable bonds is 9. The van der Waals surface area contributed by atoms with E-state index in [0.29, 0.717) is 44.0 Å². The maximum Gasteiger partial charge on any atom is 0.416 e. The Morgan fingerprint density at radius 2 is 1.83 bits per heavy atom. The van der Waals surface area contributed by atoms with Crippen LogP contribution in [0.4, 0.5) is 13.2 Å². The molecule has 222 valence electrons. The number of amides is 1. The van der Waals surface area contributed by atoms with Crippen LogP contribution in [-0.2, 0) is 21.3 Å². The fourth-order valence-corrected chi connectivity index (χ4v) is 6.06. The van der Waals surface area contributed by atoms with Crippen molar-refractivity contribution in [3.8, 4) is 11.5 Å². The standard InChI is InChI=1S/C30H35F3N2O6/c1-2-39-27-17-35(22-10-12-29(38,13-11-22)20-6-8-25-26(15-20)41-18-40-25)16-23(27)34-28(37)9-7-24(36)19-4-3-5-21(14-19)30(31,32)33/h3-6,8,14-15,22-23,27,38H,2,7,9-13,16-18H2,1H3,(H,34,37)/t22?,23-,27-,29?/m0/s1. The van der Waals surface area contributed by atoms with Crippen molar-refractivity contribution in [3.05, 3.63) is 59.2 Å². The zero-order valence-electron chi connectivity index (χ0n) is 22.9. The molecular formula is C30H35F3N2O6. The fourth-order valence-electron chi connectivity index (χ4n) is 6.06. The van der Waals surface area contributed by atoms with Crippen LogP contribution in [0.25, 0.3) is 0 Å². The number of alkyl halides is 3. The van der Waals surface area contributed by atoms with Crippen molar-refractivity contribution in [3.63, 3.8) is 0 Å². The molecule has 2 aromatic rings. The highest BCUT2D eigenvalue weighted by molar-refractivity contribution is 5.98. The third-order valence-electron chi connectivity index (χ3n) is 8.32. The molecule has 1 amide bonds. The average Bonchev–Trinajstić information content (AvgIpc) is 3.58. The molecule has 41 heavy (non-hydrogen) atoms. The van der Waals surface area contributed by atoms with Gasteiger partial charge in [-0.1, -0.05) is 18.2 Å². The number of carbonyl (C=O) groups is 2. The van der Waals surface area contributed by atoms with Crippen LogP contribution in [0.1, 0.15) is 66.9 Å². The summed E-state index contributed by atoms with van der Waals surface area (Å²) in [5.74, 6) is 0.464. The first-order valence-corrected chi connectivity index (χ1v) is 14.0. The highest BCUT2D eigenvalue weighted by Gasteiger charge is 2.42. The Morgan fingerprint density at radius 1 is 1.07 bits per heavy atom. The molecule has 1 saturated carbocycles. The summed E-state index contributed by atoms with van der Waals surface area (Å²) >= 11 is 0. The quantitative estimate of drug-likeness (QED) is 0.427. The maximum atomic E-state index is 13.0. The van der Waals surface area contributed by atoms with Crippen LogP contribution in [0, 0.1) is 0 Å². The summed E-state index contributed by atoms with van der Waals surface area (Å²) in [5.41, 5.74) is -1.09. The zero-order valence-corrected chi connectivity index (χ0v) is 22.9. The van der Waals surface area contributed by atoms with Crippen molar-refractivity contribution in [2.75, 3.05) is 26.5 Å². The Hall–Kier alpha value is -3.15. The number of nitrogens with one attached hydrogen (secondary N) is 1. The van der Waals surface area contributed by atoms with Gasteiger partial charge in [-0.25, -0.2) is 0 Å². The first kappa shape index (κ1) is 29.3. The topological polar surface area (TPSA) is 97.3 Å². The van der Waals surface area contributed by atoms with Crippen LogP contribution >= 0.6 is 0 Å². The molecule has 1 saturated heterocycles. The van der Waals surface area contributed by atoms with Crippen LogP contribution in [0.15, 0.2) is 42.5 Å². The molecule has 5 rings (SSSR count). The molecular weight excluding hydrogens is 541 g/mol. The second-order valence-electron chi connectivity index (χ2n) is 11.0. The van der Waals surface area contributed by atoms with Gasteiger partial charge in [0, 0.05) is 44.1 Å². The molecule has 2 heterocycles. The average molecular weight is 577 g/mol. The van der Waals surface area contributed by atoms with Gasteiger partial charge in [0.25, 0.3) is 0 Å². The highest BCUT2D eigenvalue weighted by Crippen LogP contribution is 2.43. The lowest BCUT2D eigenvalue weighted by Gasteiger charge is -2.40. The molecule has 2 N–H and O–H groups in total. The van der Waals surface area contributed by atoms with Gasteiger partial charge in [0.1, 0.15) is 0 Å². The number of ether oxygens (including phenoxy) is 3. The van der Waals surface area contributed by atoms with Crippen molar-refractivity contribution in [2.45, 2.75) is 75.4 Å². The number of nitrogens with zero attached hydrogens (tertiary/aromatic N) is 1. The van der Waals surface area contributed by atoms with E-state index in [1.807, 2.05) is 25.1 Å². The predicted octanol–water partition coefficient (Wildman–Crippen LogP) is 4.43. The van der Waals surface area contributed by atoms with E-state index in [1.165, 1.54) is 12.1 Å². The van der Waals surface area contributed by atoms with Crippen LogP contribution in [0.2, 0.25) is 0 Å². The van der Waals surface area contributed by atoms with E-state index in [-0.39, 0.29) is 49.3 Å². The fraction of sp³-hybridized carbons (Fsp3) is 0.533. The minimum Gasteiger partial charge on any atom is -0.454 e. The monoisotopic (exact) mass is 576 g/mol. The number of likely N-dealkylation sites (tertiary alicyclic amines) is 1. The second kappa shape index (κ2) is 12.0. The van der Waals surface area contributed by atoms with Crippen LogP contribution in [-0.4, -0.2) is 66.4 Å². The number of hydrogen-bond acceptors (Lipinski definition) is 7. The number of hydrogen-bond donors (Lipinski definition) is 2. The summed E-state index contributed by atoms with van der Waals surface area (Å²) in [4.78, 5) is 27.5. The van der Waals surface area contributed by atoms with Crippen LogP contribution in [0.3, 0.4) is 0 Å². The molecule has 0 radical (unpaired) electrons. The Kier molecular flexibility index (Phi) is 8.58. The van der Waals surface area contributed by atoms with Gasteiger partial charge in [-0.2, -0.15) is 13.2 Å². The summed E-state index contributed by atoms with van der Waals surface area (Å²) in [5, 5.41) is 14.4. The Balaban J connectivity index is 1.14. The highest BCUT2D eigenvalue weighted by atomic mass is 19.4. The summed E-state index contributed by atoms with van der Waals surface area (Å²) in [6, 6.07) is 9.76. The minimum absolute atomic E-state index is 0.0649. The molecule has 11 heteroatoms. The summed E-state index contributed by atoms with van der Waals surface area (Å²) in [6.07, 6.45) is -2.37. The normalized spacial score (nSPS) is 26.2. The summed E-state index contributed by atoms with van der Waals surface area (Å²) in [6.45, 7) is 3.76. The van der Waals surface area contributed by atoms with E-state index in [2.05, 4.69) is 10.2 Å². The van der Waals surface area contributed by atoms with Gasteiger partial charge in [0.15, 0.2) is 17.3 Å². The Morgan fingerprint density at radius 3 is 2.56 bits per heavy atom. The molecule has 2 aromatic carbocycles. The third kappa shape index (κ3) is 6.68. The van der Waals surface area contributed by atoms with Gasteiger partial charge < -0.3 is 24.6 Å². The molecule has 3 aliphatic rings. The molecule has 1 aliphatic carbocycles. The largest absolute Gasteiger partial charge is 0.454 e. The van der Waals surface area contributed by atoms with E-state index in [9.17, 15) is 27.9 Å². The van der Waals surface area contributed by atoms with Gasteiger partial charge in [0.2, 0.25) is 12.7 Å². The van der Waals surface area contributed by atoms with E-state index in [1.54, 1.807) is 0 Å². The van der Waals surface area contributed by atoms with Gasteiger partial charge in [0.05, 0.1) is 23.3 Å². The van der Waals surface area contributed by atoms with E-state index in [4.69, 9.17) is 14.2 Å². The molecule has 0 unspecified atom stereocenters. The lowest BCUT2D eigenvalue weighted by molar-refractivity contribution is -0.137. The number of Topliss-reactive ketones (excluding diaryl/α,β-unsaturated/α-hetero) is 1. The number of benzene rings is 2. The number of carbonyl (C=O) groups excluding carboxylic acids is 2. The number of fused-ring (bicyclic) bond motifs is 1. The van der Waals surface area contributed by atoms with Gasteiger partial charge in [-0.3, -0.25) is 14.5 Å². The van der Waals surface area contributed by atoms with Crippen molar-refractivity contribution in [1.82, 2.24) is 10.2 Å². The Labute approximate surface area is 236 Å². The zero-order chi connectivity index (χ0) is 29.2. The summed E-state index contributed by atoms with van der Waals surface area (Å²) in [7, 11) is 0. The van der Waals surface area contributed by atoms with Crippen LogP contribution < -0.4 is 14.8 Å². The van der Waals surface area contributed by atoms with Crippen molar-refractivity contribution >= 4 is 11.7 Å². The van der Waals surface area contributed by atoms with Crippen molar-refractivity contribution in [2.24, 2.45) is 0 Å². The van der Waals surface area contributed by atoms with E-state index < -0.39 is 23.1 Å². The van der Waals surface area contributed by atoms with Gasteiger partial charge in [-0.05, 0) is 62.4 Å². The minimum atomic E-state index is -4.54. The molecule has 0 spiro atoms. The Bertz CT molecular complexity index is 1260. The molecule has 8 nitrogen and oxygen atoms in total. The SMILES string of the molecule is CCO[C@H]1CN(C2CCC(O)(c3ccc4c(c3)OCO4)CC2)C[C@@H]1NC(=O)CCC(=O)c1cccc(C(F)(F)F)c1. The third-order valence-corrected chi connectivity index (χ3v) is 8.32. The smallest absolute Gasteiger partial charge is 0.416 e. The molecule has 0 bridgehead atoms. The predicted molar refractivity (Wildman–Crippen MR) is 143 cm³/mol. The second-order valence-corrected chi connectivity index (χ2v) is 11.0.